The maximum Gasteiger partial charge on any atom is 0.191 e. The van der Waals surface area contributed by atoms with Gasteiger partial charge >= 0.3 is 0 Å². The van der Waals surface area contributed by atoms with E-state index in [1.807, 2.05) is 17.2 Å². The minimum absolute atomic E-state index is 0. The van der Waals surface area contributed by atoms with Gasteiger partial charge < -0.3 is 20.4 Å². The maximum atomic E-state index is 14.0. The lowest BCUT2D eigenvalue weighted by atomic mass is 10.2. The van der Waals surface area contributed by atoms with Crippen LogP contribution in [-0.2, 0) is 6.54 Å². The molecule has 2 aromatic rings. The summed E-state index contributed by atoms with van der Waals surface area (Å²) in [6, 6.07) is 7.43. The Morgan fingerprint density at radius 1 is 1.16 bits per heavy atom. The molecule has 4 rings (SSSR count). The molecule has 2 fully saturated rings. The van der Waals surface area contributed by atoms with Crippen LogP contribution < -0.4 is 20.4 Å². The molecular weight excluding hydrogens is 508 g/mol. The number of aliphatic imine (C=N–C) groups is 1. The van der Waals surface area contributed by atoms with Gasteiger partial charge in [-0.3, -0.25) is 0 Å². The van der Waals surface area contributed by atoms with Crippen molar-refractivity contribution in [3.05, 3.63) is 48.0 Å². The van der Waals surface area contributed by atoms with Crippen LogP contribution in [0, 0.1) is 5.82 Å². The molecule has 2 saturated heterocycles. The van der Waals surface area contributed by atoms with E-state index in [9.17, 15) is 4.39 Å². The first-order valence-corrected chi connectivity index (χ1v) is 10.8. The summed E-state index contributed by atoms with van der Waals surface area (Å²) >= 11 is 0. The predicted octanol–water partition coefficient (Wildman–Crippen LogP) is 3.17. The molecule has 1 unspecified atom stereocenters. The van der Waals surface area contributed by atoms with Gasteiger partial charge in [-0.15, -0.1) is 24.0 Å². The van der Waals surface area contributed by atoms with E-state index in [2.05, 4.69) is 38.5 Å². The molecule has 7 nitrogen and oxygen atoms in total. The molecule has 0 aromatic carbocycles. The van der Waals surface area contributed by atoms with Crippen LogP contribution in [0.3, 0.4) is 0 Å². The molecule has 0 spiro atoms. The fourth-order valence-corrected chi connectivity index (χ4v) is 4.04. The van der Waals surface area contributed by atoms with E-state index in [4.69, 9.17) is 4.99 Å². The Balaban J connectivity index is 0.00000272. The van der Waals surface area contributed by atoms with E-state index >= 15 is 0 Å². The van der Waals surface area contributed by atoms with Gasteiger partial charge in [-0.05, 0) is 56.0 Å². The highest BCUT2D eigenvalue weighted by atomic mass is 127. The highest BCUT2D eigenvalue weighted by Gasteiger charge is 2.26. The number of hydrogen-bond acceptors (Lipinski definition) is 5. The van der Waals surface area contributed by atoms with Crippen LogP contribution in [0.5, 0.6) is 0 Å². The molecule has 2 aromatic heterocycles. The van der Waals surface area contributed by atoms with E-state index in [1.165, 1.54) is 18.9 Å². The molecule has 2 aliphatic heterocycles. The van der Waals surface area contributed by atoms with Crippen LogP contribution in [0.1, 0.15) is 31.7 Å². The van der Waals surface area contributed by atoms with Crippen molar-refractivity contribution in [2.24, 2.45) is 4.99 Å². The fourth-order valence-electron chi connectivity index (χ4n) is 4.04. The minimum atomic E-state index is -0.273. The van der Waals surface area contributed by atoms with Crippen LogP contribution in [0.25, 0.3) is 0 Å². The summed E-state index contributed by atoms with van der Waals surface area (Å²) in [7, 11) is 0. The third-order valence-electron chi connectivity index (χ3n) is 5.57. The Kier molecular flexibility index (Phi) is 8.68. The monoisotopic (exact) mass is 539 g/mol. The Labute approximate surface area is 200 Å². The predicted molar refractivity (Wildman–Crippen MR) is 134 cm³/mol. The number of rotatable bonds is 6. The van der Waals surface area contributed by atoms with Gasteiger partial charge in [-0.2, -0.15) is 0 Å². The van der Waals surface area contributed by atoms with Gasteiger partial charge in [0.15, 0.2) is 17.6 Å². The second-order valence-corrected chi connectivity index (χ2v) is 7.80. The van der Waals surface area contributed by atoms with Crippen molar-refractivity contribution in [3.63, 3.8) is 0 Å². The molecule has 0 radical (unpaired) electrons. The molecule has 0 amide bonds. The number of nitrogens with one attached hydrogen (secondary N) is 2. The zero-order valence-corrected chi connectivity index (χ0v) is 20.3. The van der Waals surface area contributed by atoms with Crippen molar-refractivity contribution in [2.45, 2.75) is 38.8 Å². The summed E-state index contributed by atoms with van der Waals surface area (Å²) < 4.78 is 14.0. The highest BCUT2D eigenvalue weighted by molar-refractivity contribution is 14.0. The van der Waals surface area contributed by atoms with Gasteiger partial charge in [0.05, 0.1) is 6.54 Å². The quantitative estimate of drug-likeness (QED) is 0.334. The average molecular weight is 539 g/mol. The van der Waals surface area contributed by atoms with Crippen molar-refractivity contribution in [1.82, 2.24) is 20.6 Å². The van der Waals surface area contributed by atoms with Gasteiger partial charge in [0.2, 0.25) is 0 Å². The lowest BCUT2D eigenvalue weighted by molar-refractivity contribution is 0.612. The summed E-state index contributed by atoms with van der Waals surface area (Å²) in [4.78, 5) is 17.8. The summed E-state index contributed by atoms with van der Waals surface area (Å²) in [5.74, 6) is 1.98. The molecule has 168 valence electrons. The van der Waals surface area contributed by atoms with Crippen LogP contribution >= 0.6 is 24.0 Å². The molecule has 4 heterocycles. The maximum absolute atomic E-state index is 14.0. The number of nitrogens with zero attached hydrogens (tertiary/aromatic N) is 5. The number of halogens is 2. The molecule has 31 heavy (non-hydrogen) atoms. The number of pyridine rings is 2. The largest absolute Gasteiger partial charge is 0.357 e. The molecule has 0 saturated carbocycles. The van der Waals surface area contributed by atoms with Crippen LogP contribution in [0.15, 0.2) is 41.7 Å². The smallest absolute Gasteiger partial charge is 0.191 e. The van der Waals surface area contributed by atoms with E-state index in [0.717, 1.165) is 49.9 Å². The molecule has 0 bridgehead atoms. The summed E-state index contributed by atoms with van der Waals surface area (Å²) in [6.45, 7) is 7.06. The molecular formula is C22H31FIN7. The zero-order valence-electron chi connectivity index (χ0n) is 17.9. The fraction of sp³-hybridized carbons (Fsp3) is 0.500. The summed E-state index contributed by atoms with van der Waals surface area (Å²) in [6.07, 6.45) is 6.89. The third kappa shape index (κ3) is 6.18. The first kappa shape index (κ1) is 23.5. The van der Waals surface area contributed by atoms with E-state index < -0.39 is 0 Å². The van der Waals surface area contributed by atoms with Gasteiger partial charge in [0.25, 0.3) is 0 Å². The topological polar surface area (TPSA) is 68.7 Å². The van der Waals surface area contributed by atoms with Crippen molar-refractivity contribution in [1.29, 1.82) is 0 Å². The lowest BCUT2D eigenvalue weighted by Gasteiger charge is -2.20. The Morgan fingerprint density at radius 2 is 2.00 bits per heavy atom. The van der Waals surface area contributed by atoms with Crippen LogP contribution in [0.4, 0.5) is 16.0 Å². The van der Waals surface area contributed by atoms with Crippen LogP contribution in [0.2, 0.25) is 0 Å². The van der Waals surface area contributed by atoms with E-state index in [-0.39, 0.29) is 35.8 Å². The van der Waals surface area contributed by atoms with Crippen molar-refractivity contribution >= 4 is 41.6 Å². The van der Waals surface area contributed by atoms with Gasteiger partial charge in [0.1, 0.15) is 5.82 Å². The zero-order chi connectivity index (χ0) is 20.8. The van der Waals surface area contributed by atoms with E-state index in [0.29, 0.717) is 18.9 Å². The average Bonchev–Trinajstić information content (AvgIpc) is 3.45. The normalized spacial score (nSPS) is 18.8. The van der Waals surface area contributed by atoms with Crippen molar-refractivity contribution < 1.29 is 4.39 Å². The lowest BCUT2D eigenvalue weighted by Crippen LogP contribution is -2.44. The molecule has 1 atom stereocenters. The number of anilines is 2. The Morgan fingerprint density at radius 3 is 2.77 bits per heavy atom. The van der Waals surface area contributed by atoms with Crippen molar-refractivity contribution in [2.75, 3.05) is 42.5 Å². The number of guanidine groups is 1. The summed E-state index contributed by atoms with van der Waals surface area (Å²) in [5, 5.41) is 6.82. The van der Waals surface area contributed by atoms with E-state index in [1.54, 1.807) is 12.3 Å². The third-order valence-corrected chi connectivity index (χ3v) is 5.57. The number of hydrogen-bond donors (Lipinski definition) is 2. The second kappa shape index (κ2) is 11.4. The molecule has 2 aliphatic rings. The SMILES string of the molecule is CCNC(=NCc1ccnc(N2CCCC2)c1)NC1CCN(c2ncccc2F)C1.I. The minimum Gasteiger partial charge on any atom is -0.357 e. The van der Waals surface area contributed by atoms with Gasteiger partial charge in [-0.25, -0.2) is 19.4 Å². The van der Waals surface area contributed by atoms with Crippen LogP contribution in [-0.4, -0.2) is 54.7 Å². The molecule has 2 N–H and O–H groups in total. The highest BCUT2D eigenvalue weighted by Crippen LogP contribution is 2.21. The standard InChI is InChI=1S/C22H30FN7.HI/c1-2-24-22(27-15-17-7-10-25-20(14-17)29-11-3-4-12-29)28-18-8-13-30(16-18)21-19(23)6-5-9-26-21;/h5-7,9-10,14,18H,2-4,8,11-13,15-16H2,1H3,(H2,24,27,28);1H. The molecule has 9 heteroatoms. The van der Waals surface area contributed by atoms with Gasteiger partial charge in [0, 0.05) is 51.2 Å². The summed E-state index contributed by atoms with van der Waals surface area (Å²) in [5.41, 5.74) is 1.15. The van der Waals surface area contributed by atoms with Crippen molar-refractivity contribution in [3.8, 4) is 0 Å². The Bertz CT molecular complexity index is 872. The second-order valence-electron chi connectivity index (χ2n) is 7.80. The Hall–Kier alpha value is -2.17. The first-order chi connectivity index (χ1) is 14.7. The molecule has 0 aliphatic carbocycles. The number of aromatic nitrogens is 2. The first-order valence-electron chi connectivity index (χ1n) is 10.8. The van der Waals surface area contributed by atoms with Gasteiger partial charge in [-0.1, -0.05) is 0 Å².